The van der Waals surface area contributed by atoms with E-state index in [1.165, 1.54) is 0 Å². The number of halogens is 2. The number of nitrogens with zero attached hydrogens (tertiary/aromatic N) is 3. The van der Waals surface area contributed by atoms with E-state index in [2.05, 4.69) is 10.2 Å². The molecule has 2 rings (SSSR count). The first kappa shape index (κ1) is 10.5. The summed E-state index contributed by atoms with van der Waals surface area (Å²) in [7, 11) is 0. The van der Waals surface area contributed by atoms with Gasteiger partial charge in [-0.1, -0.05) is 23.7 Å². The van der Waals surface area contributed by atoms with Crippen LogP contribution in [0, 0.1) is 0 Å². The van der Waals surface area contributed by atoms with Crippen molar-refractivity contribution in [3.63, 3.8) is 0 Å². The first-order valence-electron chi connectivity index (χ1n) is 4.49. The molecule has 0 saturated heterocycles. The molecule has 0 N–H and O–H groups in total. The number of benzene rings is 1. The van der Waals surface area contributed by atoms with E-state index in [1.54, 1.807) is 10.9 Å². The molecule has 0 saturated carbocycles. The molecule has 0 aliphatic carbocycles. The van der Waals surface area contributed by atoms with Gasteiger partial charge in [0.15, 0.2) is 0 Å². The minimum Gasteiger partial charge on any atom is -0.297 e. The molecule has 1 atom stereocenters. The van der Waals surface area contributed by atoms with Crippen molar-refractivity contribution in [2.24, 2.45) is 0 Å². The van der Waals surface area contributed by atoms with Crippen LogP contribution in [0.3, 0.4) is 0 Å². The lowest BCUT2D eigenvalue weighted by molar-refractivity contribution is 0.637. The summed E-state index contributed by atoms with van der Waals surface area (Å²) < 4.78 is 1.80. The Hall–Kier alpha value is -1.06. The molecular weight excluding hydrogens is 233 g/mol. The van der Waals surface area contributed by atoms with E-state index in [0.29, 0.717) is 5.28 Å². The van der Waals surface area contributed by atoms with Crippen molar-refractivity contribution in [3.8, 4) is 0 Å². The van der Waals surface area contributed by atoms with E-state index >= 15 is 0 Å². The highest BCUT2D eigenvalue weighted by atomic mass is 35.5. The molecule has 3 nitrogen and oxygen atoms in total. The van der Waals surface area contributed by atoms with E-state index in [0.717, 1.165) is 10.6 Å². The molecule has 1 aromatic carbocycles. The van der Waals surface area contributed by atoms with E-state index < -0.39 is 0 Å². The fourth-order valence-electron chi connectivity index (χ4n) is 1.39. The smallest absolute Gasteiger partial charge is 0.225 e. The Labute approximate surface area is 97.7 Å². The predicted octanol–water partition coefficient (Wildman–Crippen LogP) is 3.19. The second-order valence-corrected chi connectivity index (χ2v) is 4.01. The van der Waals surface area contributed by atoms with Gasteiger partial charge in [0.2, 0.25) is 5.28 Å². The second-order valence-electron chi connectivity index (χ2n) is 3.23. The first-order chi connectivity index (χ1) is 7.18. The molecular formula is C10H9Cl2N3. The van der Waals surface area contributed by atoms with Crippen LogP contribution in [-0.4, -0.2) is 14.8 Å². The molecule has 0 amide bonds. The quantitative estimate of drug-likeness (QED) is 0.809. The van der Waals surface area contributed by atoms with Crippen molar-refractivity contribution in [1.29, 1.82) is 0 Å². The molecule has 5 heteroatoms. The maximum Gasteiger partial charge on any atom is 0.225 e. The van der Waals surface area contributed by atoms with Crippen LogP contribution in [0.15, 0.2) is 30.6 Å². The molecule has 0 aliphatic rings. The number of aromatic nitrogens is 3. The van der Waals surface area contributed by atoms with Gasteiger partial charge in [0.05, 0.1) is 6.04 Å². The van der Waals surface area contributed by atoms with Gasteiger partial charge in [-0.3, -0.25) is 4.57 Å². The molecule has 0 spiro atoms. The molecule has 1 unspecified atom stereocenters. The number of hydrogen-bond donors (Lipinski definition) is 0. The van der Waals surface area contributed by atoms with Crippen LogP contribution in [-0.2, 0) is 0 Å². The Bertz CT molecular complexity index is 450. The Balaban J connectivity index is 2.32. The Morgan fingerprint density at radius 1 is 1.20 bits per heavy atom. The van der Waals surface area contributed by atoms with Gasteiger partial charge in [0.1, 0.15) is 6.33 Å². The van der Waals surface area contributed by atoms with Crippen molar-refractivity contribution >= 4 is 23.2 Å². The zero-order chi connectivity index (χ0) is 10.8. The van der Waals surface area contributed by atoms with Crippen LogP contribution in [0.25, 0.3) is 0 Å². The minimum atomic E-state index is 0.102. The van der Waals surface area contributed by atoms with Crippen molar-refractivity contribution in [2.75, 3.05) is 0 Å². The maximum absolute atomic E-state index is 5.88. The minimum absolute atomic E-state index is 0.102. The number of hydrogen-bond acceptors (Lipinski definition) is 2. The fraction of sp³-hybridized carbons (Fsp3) is 0.200. The summed E-state index contributed by atoms with van der Waals surface area (Å²) in [6.07, 6.45) is 1.61. The van der Waals surface area contributed by atoms with E-state index in [9.17, 15) is 0 Å². The van der Waals surface area contributed by atoms with Gasteiger partial charge in [-0.25, -0.2) is 0 Å². The molecule has 1 aromatic heterocycles. The summed E-state index contributed by atoms with van der Waals surface area (Å²) >= 11 is 11.7. The third-order valence-electron chi connectivity index (χ3n) is 2.30. The Kier molecular flexibility index (Phi) is 2.93. The molecule has 1 heterocycles. The topological polar surface area (TPSA) is 30.7 Å². The molecule has 0 bridgehead atoms. The van der Waals surface area contributed by atoms with Gasteiger partial charge in [-0.2, -0.15) is 0 Å². The molecule has 0 aliphatic heterocycles. The summed E-state index contributed by atoms with van der Waals surface area (Å²) in [6, 6.07) is 7.73. The van der Waals surface area contributed by atoms with Crippen LogP contribution < -0.4 is 0 Å². The van der Waals surface area contributed by atoms with Crippen molar-refractivity contribution in [1.82, 2.24) is 14.8 Å². The summed E-state index contributed by atoms with van der Waals surface area (Å²) in [5, 5.41) is 8.58. The molecule has 0 fully saturated rings. The first-order valence-corrected chi connectivity index (χ1v) is 5.24. The zero-order valence-electron chi connectivity index (χ0n) is 8.06. The van der Waals surface area contributed by atoms with Gasteiger partial charge >= 0.3 is 0 Å². The highest BCUT2D eigenvalue weighted by molar-refractivity contribution is 6.30. The lowest BCUT2D eigenvalue weighted by Gasteiger charge is -2.13. The Morgan fingerprint density at radius 2 is 1.87 bits per heavy atom. The van der Waals surface area contributed by atoms with Gasteiger partial charge < -0.3 is 0 Å². The van der Waals surface area contributed by atoms with Gasteiger partial charge in [0.25, 0.3) is 0 Å². The van der Waals surface area contributed by atoms with Crippen molar-refractivity contribution < 1.29 is 0 Å². The lowest BCUT2D eigenvalue weighted by Crippen LogP contribution is -2.05. The molecule has 15 heavy (non-hydrogen) atoms. The van der Waals surface area contributed by atoms with E-state index in [-0.39, 0.29) is 6.04 Å². The van der Waals surface area contributed by atoms with Crippen LogP contribution in [0.2, 0.25) is 10.3 Å². The normalized spacial score (nSPS) is 12.7. The van der Waals surface area contributed by atoms with E-state index in [1.807, 2.05) is 31.2 Å². The molecule has 0 radical (unpaired) electrons. The van der Waals surface area contributed by atoms with Gasteiger partial charge in [-0.15, -0.1) is 10.2 Å². The van der Waals surface area contributed by atoms with Gasteiger partial charge in [-0.05, 0) is 36.2 Å². The second kappa shape index (κ2) is 4.21. The van der Waals surface area contributed by atoms with Gasteiger partial charge in [0, 0.05) is 5.02 Å². The highest BCUT2D eigenvalue weighted by Gasteiger charge is 2.10. The fourth-order valence-corrected chi connectivity index (χ4v) is 1.75. The summed E-state index contributed by atoms with van der Waals surface area (Å²) in [4.78, 5) is 0. The van der Waals surface area contributed by atoms with E-state index in [4.69, 9.17) is 23.2 Å². The van der Waals surface area contributed by atoms with Crippen LogP contribution in [0.4, 0.5) is 0 Å². The summed E-state index contributed by atoms with van der Waals surface area (Å²) in [6.45, 7) is 2.03. The third kappa shape index (κ3) is 2.13. The zero-order valence-corrected chi connectivity index (χ0v) is 9.57. The standard InChI is InChI=1S/C10H9Cl2N3/c1-7(15-6-13-14-10(15)12)8-2-4-9(11)5-3-8/h2-7H,1H3. The third-order valence-corrected chi connectivity index (χ3v) is 2.82. The van der Waals surface area contributed by atoms with Crippen LogP contribution in [0.1, 0.15) is 18.5 Å². The van der Waals surface area contributed by atoms with Crippen molar-refractivity contribution in [3.05, 3.63) is 46.5 Å². The summed E-state index contributed by atoms with van der Waals surface area (Å²) in [5.74, 6) is 0. The maximum atomic E-state index is 5.88. The molecule has 78 valence electrons. The monoisotopic (exact) mass is 241 g/mol. The van der Waals surface area contributed by atoms with Crippen molar-refractivity contribution in [2.45, 2.75) is 13.0 Å². The average molecular weight is 242 g/mol. The Morgan fingerprint density at radius 3 is 2.40 bits per heavy atom. The van der Waals surface area contributed by atoms with Crippen LogP contribution in [0.5, 0.6) is 0 Å². The highest BCUT2D eigenvalue weighted by Crippen LogP contribution is 2.22. The lowest BCUT2D eigenvalue weighted by atomic mass is 10.1. The SMILES string of the molecule is CC(c1ccc(Cl)cc1)n1cnnc1Cl. The average Bonchev–Trinajstić information content (AvgIpc) is 2.65. The predicted molar refractivity (Wildman–Crippen MR) is 60.3 cm³/mol. The van der Waals surface area contributed by atoms with Crippen LogP contribution >= 0.6 is 23.2 Å². The largest absolute Gasteiger partial charge is 0.297 e. The summed E-state index contributed by atoms with van der Waals surface area (Å²) in [5.41, 5.74) is 1.11. The molecule has 2 aromatic rings. The number of rotatable bonds is 2.